The summed E-state index contributed by atoms with van der Waals surface area (Å²) in [5, 5.41) is 3.97. The summed E-state index contributed by atoms with van der Waals surface area (Å²) in [5.74, 6) is 0. The Labute approximate surface area is 127 Å². The van der Waals surface area contributed by atoms with Crippen molar-refractivity contribution < 1.29 is 4.84 Å². The van der Waals surface area contributed by atoms with Gasteiger partial charge in [-0.25, -0.2) is 4.99 Å². The van der Waals surface area contributed by atoms with Crippen molar-refractivity contribution in [3.63, 3.8) is 0 Å². The van der Waals surface area contributed by atoms with Gasteiger partial charge in [0.25, 0.3) is 0 Å². The van der Waals surface area contributed by atoms with Gasteiger partial charge in [0.1, 0.15) is 6.61 Å². The quantitative estimate of drug-likeness (QED) is 0.331. The zero-order valence-electron chi connectivity index (χ0n) is 13.7. The molecule has 0 bridgehead atoms. The van der Waals surface area contributed by atoms with Crippen LogP contribution >= 0.6 is 0 Å². The fraction of sp³-hybridized carbons (Fsp3) is 0.412. The van der Waals surface area contributed by atoms with Crippen LogP contribution in [0.15, 0.2) is 34.4 Å². The molecule has 114 valence electrons. The summed E-state index contributed by atoms with van der Waals surface area (Å²) in [6, 6.07) is 4.14. The van der Waals surface area contributed by atoms with Crippen LogP contribution in [-0.4, -0.2) is 37.7 Å². The second-order valence-corrected chi connectivity index (χ2v) is 5.28. The molecular formula is C17H25N3O. The van der Waals surface area contributed by atoms with Gasteiger partial charge in [-0.3, -0.25) is 0 Å². The van der Waals surface area contributed by atoms with Crippen molar-refractivity contribution in [2.24, 2.45) is 10.1 Å². The van der Waals surface area contributed by atoms with Gasteiger partial charge in [0, 0.05) is 13.6 Å². The molecule has 21 heavy (non-hydrogen) atoms. The summed E-state index contributed by atoms with van der Waals surface area (Å²) in [5.41, 5.74) is 5.20. The number of aliphatic imine (C=N–C) groups is 1. The maximum atomic E-state index is 5.15. The third kappa shape index (κ3) is 5.81. The Hall–Kier alpha value is -2.10. The molecule has 4 nitrogen and oxygen atoms in total. The second kappa shape index (κ2) is 8.25. The van der Waals surface area contributed by atoms with Crippen molar-refractivity contribution in [1.82, 2.24) is 4.90 Å². The van der Waals surface area contributed by atoms with Crippen LogP contribution in [0.2, 0.25) is 0 Å². The Balaban J connectivity index is 2.84. The fourth-order valence-electron chi connectivity index (χ4n) is 1.59. The SMILES string of the molecule is C=C(C)CON=Cc1cc(C)c(N=CN(C)CC)cc1C. The lowest BCUT2D eigenvalue weighted by Gasteiger charge is -2.10. The highest BCUT2D eigenvalue weighted by Crippen LogP contribution is 2.22. The van der Waals surface area contributed by atoms with E-state index < -0.39 is 0 Å². The Bertz CT molecular complexity index is 547. The van der Waals surface area contributed by atoms with Gasteiger partial charge in [-0.2, -0.15) is 0 Å². The fourth-order valence-corrected chi connectivity index (χ4v) is 1.59. The molecule has 0 spiro atoms. The molecule has 0 radical (unpaired) electrons. The molecule has 1 rings (SSSR count). The first-order valence-electron chi connectivity index (χ1n) is 7.09. The standard InChI is InChI=1S/C17H25N3O/c1-7-20(6)12-18-17-9-14(4)16(8-15(17)5)10-19-21-11-13(2)3/h8-10,12H,2,7,11H2,1,3-6H3. The van der Waals surface area contributed by atoms with E-state index in [4.69, 9.17) is 4.84 Å². The maximum Gasteiger partial charge on any atom is 0.137 e. The monoisotopic (exact) mass is 287 g/mol. The molecule has 0 saturated heterocycles. The molecule has 0 N–H and O–H groups in total. The molecule has 1 aromatic carbocycles. The molecule has 0 aliphatic carbocycles. The Morgan fingerprint density at radius 2 is 2.05 bits per heavy atom. The average molecular weight is 287 g/mol. The lowest BCUT2D eigenvalue weighted by atomic mass is 10.0. The normalized spacial score (nSPS) is 11.3. The Morgan fingerprint density at radius 1 is 1.33 bits per heavy atom. The molecule has 0 aromatic heterocycles. The Morgan fingerprint density at radius 3 is 2.67 bits per heavy atom. The van der Waals surface area contributed by atoms with Crippen LogP contribution in [0.1, 0.15) is 30.5 Å². The van der Waals surface area contributed by atoms with Crippen molar-refractivity contribution in [2.45, 2.75) is 27.7 Å². The minimum Gasteiger partial charge on any atom is -0.391 e. The van der Waals surface area contributed by atoms with Crippen LogP contribution in [0.5, 0.6) is 0 Å². The molecule has 4 heteroatoms. The molecular weight excluding hydrogens is 262 g/mol. The summed E-state index contributed by atoms with van der Waals surface area (Å²) in [6.07, 6.45) is 3.59. The third-order valence-electron chi connectivity index (χ3n) is 3.05. The first-order chi connectivity index (χ1) is 9.93. The van der Waals surface area contributed by atoms with Crippen LogP contribution in [-0.2, 0) is 4.84 Å². The average Bonchev–Trinajstić information content (AvgIpc) is 2.44. The molecule has 0 saturated carbocycles. The highest BCUT2D eigenvalue weighted by atomic mass is 16.6. The van der Waals surface area contributed by atoms with Crippen LogP contribution in [0.25, 0.3) is 0 Å². The highest BCUT2D eigenvalue weighted by molar-refractivity contribution is 5.83. The van der Waals surface area contributed by atoms with Crippen LogP contribution in [0, 0.1) is 13.8 Å². The number of hydrogen-bond donors (Lipinski definition) is 0. The van der Waals surface area contributed by atoms with E-state index in [1.807, 2.05) is 39.1 Å². The Kier molecular flexibility index (Phi) is 6.66. The van der Waals surface area contributed by atoms with E-state index in [9.17, 15) is 0 Å². The minimum absolute atomic E-state index is 0.445. The molecule has 1 aromatic rings. The van der Waals surface area contributed by atoms with Gasteiger partial charge in [-0.05, 0) is 62.1 Å². The van der Waals surface area contributed by atoms with Gasteiger partial charge in [0.2, 0.25) is 0 Å². The van der Waals surface area contributed by atoms with E-state index in [2.05, 4.69) is 35.8 Å². The number of hydrogen-bond acceptors (Lipinski definition) is 3. The summed E-state index contributed by atoms with van der Waals surface area (Å²) in [6.45, 7) is 13.2. The number of nitrogens with zero attached hydrogens (tertiary/aromatic N) is 3. The zero-order chi connectivity index (χ0) is 15.8. The summed E-state index contributed by atoms with van der Waals surface area (Å²) in [4.78, 5) is 11.7. The zero-order valence-corrected chi connectivity index (χ0v) is 13.7. The number of aryl methyl sites for hydroxylation is 2. The van der Waals surface area contributed by atoms with E-state index in [1.165, 1.54) is 0 Å². The number of rotatable bonds is 7. The van der Waals surface area contributed by atoms with Gasteiger partial charge in [0.15, 0.2) is 0 Å². The largest absolute Gasteiger partial charge is 0.391 e. The second-order valence-electron chi connectivity index (χ2n) is 5.28. The predicted molar refractivity (Wildman–Crippen MR) is 90.7 cm³/mol. The van der Waals surface area contributed by atoms with Gasteiger partial charge in [-0.1, -0.05) is 11.7 Å². The molecule has 0 amide bonds. The van der Waals surface area contributed by atoms with E-state index in [0.29, 0.717) is 6.61 Å². The minimum atomic E-state index is 0.445. The van der Waals surface area contributed by atoms with Crippen LogP contribution < -0.4 is 0 Å². The topological polar surface area (TPSA) is 37.2 Å². The van der Waals surface area contributed by atoms with Gasteiger partial charge in [0.05, 0.1) is 18.2 Å². The summed E-state index contributed by atoms with van der Waals surface area (Å²) < 4.78 is 0. The number of oxime groups is 1. The van der Waals surface area contributed by atoms with Crippen molar-refractivity contribution >= 4 is 18.2 Å². The molecule has 0 atom stereocenters. The summed E-state index contributed by atoms with van der Waals surface area (Å²) in [7, 11) is 2.01. The smallest absolute Gasteiger partial charge is 0.137 e. The van der Waals surface area contributed by atoms with Crippen LogP contribution in [0.4, 0.5) is 5.69 Å². The van der Waals surface area contributed by atoms with E-state index in [-0.39, 0.29) is 0 Å². The first kappa shape index (κ1) is 17.0. The molecule has 0 unspecified atom stereocenters. The summed E-state index contributed by atoms with van der Waals surface area (Å²) >= 11 is 0. The highest BCUT2D eigenvalue weighted by Gasteiger charge is 2.02. The van der Waals surface area contributed by atoms with Crippen molar-refractivity contribution in [3.8, 4) is 0 Å². The first-order valence-corrected chi connectivity index (χ1v) is 7.09. The third-order valence-corrected chi connectivity index (χ3v) is 3.05. The van der Waals surface area contributed by atoms with Crippen molar-refractivity contribution in [2.75, 3.05) is 20.2 Å². The van der Waals surface area contributed by atoms with Crippen molar-refractivity contribution in [1.29, 1.82) is 0 Å². The lowest BCUT2D eigenvalue weighted by molar-refractivity contribution is 0.170. The van der Waals surface area contributed by atoms with Crippen LogP contribution in [0.3, 0.4) is 0 Å². The van der Waals surface area contributed by atoms with Gasteiger partial charge < -0.3 is 9.74 Å². The molecule has 0 aliphatic heterocycles. The predicted octanol–water partition coefficient (Wildman–Crippen LogP) is 3.84. The van der Waals surface area contributed by atoms with Crippen molar-refractivity contribution in [3.05, 3.63) is 41.0 Å². The van der Waals surface area contributed by atoms with Gasteiger partial charge >= 0.3 is 0 Å². The molecule has 0 heterocycles. The van der Waals surface area contributed by atoms with E-state index >= 15 is 0 Å². The molecule has 0 aliphatic rings. The number of benzene rings is 1. The van der Waals surface area contributed by atoms with E-state index in [1.54, 1.807) is 6.21 Å². The molecule has 0 fully saturated rings. The van der Waals surface area contributed by atoms with E-state index in [0.717, 1.165) is 34.5 Å². The van der Waals surface area contributed by atoms with Gasteiger partial charge in [-0.15, -0.1) is 0 Å². The maximum absolute atomic E-state index is 5.15. The lowest BCUT2D eigenvalue weighted by Crippen LogP contribution is -2.14.